The molecule has 0 saturated carbocycles. The maximum absolute atomic E-state index is 10.8. The van der Waals surface area contributed by atoms with Crippen LogP contribution in [-0.4, -0.2) is 48.0 Å². The minimum Gasteiger partial charge on any atom is -0.508 e. The summed E-state index contributed by atoms with van der Waals surface area (Å²) in [7, 11) is 0. The number of aliphatic carboxylic acids is 1. The molecule has 4 aromatic rings. The van der Waals surface area contributed by atoms with Gasteiger partial charge in [0.25, 0.3) is 0 Å². The van der Waals surface area contributed by atoms with Gasteiger partial charge in [0, 0.05) is 18.1 Å². The molecule has 0 spiro atoms. The van der Waals surface area contributed by atoms with Crippen molar-refractivity contribution in [2.45, 2.75) is 6.04 Å². The normalized spacial score (nSPS) is 15.9. The number of thiazole rings is 1. The Morgan fingerprint density at radius 1 is 1.04 bits per heavy atom. The fraction of sp³-hybridized carbons (Fsp3) is 0.105. The molecule has 0 saturated heterocycles. The van der Waals surface area contributed by atoms with Crippen LogP contribution in [0.4, 0.5) is 0 Å². The zero-order chi connectivity index (χ0) is 19.5. The number of aromatic hydroxyl groups is 1. The van der Waals surface area contributed by atoms with E-state index < -0.39 is 12.0 Å². The number of hydrogen-bond donors (Lipinski definition) is 2. The van der Waals surface area contributed by atoms with Crippen molar-refractivity contribution >= 4 is 55.4 Å². The number of benzene rings is 2. The fourth-order valence-electron chi connectivity index (χ4n) is 2.53. The van der Waals surface area contributed by atoms with Crippen LogP contribution in [0.25, 0.3) is 21.3 Å². The van der Waals surface area contributed by atoms with E-state index in [1.807, 2.05) is 24.3 Å². The number of nitrogens with zero attached hydrogens (tertiary/aromatic N) is 4. The Kier molecular flexibility index (Phi) is 5.18. The van der Waals surface area contributed by atoms with Crippen LogP contribution in [0.2, 0.25) is 0 Å². The van der Waals surface area contributed by atoms with E-state index in [1.165, 1.54) is 23.1 Å². The maximum Gasteiger partial charge on any atom is 0.329 e. The average molecular weight is 410 g/mol. The molecule has 1 aliphatic heterocycles. The maximum atomic E-state index is 10.8. The lowest BCUT2D eigenvalue weighted by Crippen LogP contribution is -2.17. The van der Waals surface area contributed by atoms with Crippen LogP contribution in [-0.2, 0) is 4.79 Å². The summed E-state index contributed by atoms with van der Waals surface area (Å²) in [6, 6.07) is 12.1. The summed E-state index contributed by atoms with van der Waals surface area (Å²) in [5, 5.41) is 19.7. The molecule has 9 heteroatoms. The number of fused-ring (bicyclic) bond motifs is 2. The highest BCUT2D eigenvalue weighted by atomic mass is 32.2. The molecule has 140 valence electrons. The number of phenols is 1. The van der Waals surface area contributed by atoms with Gasteiger partial charge in [-0.05, 0) is 30.3 Å². The van der Waals surface area contributed by atoms with E-state index in [0.717, 1.165) is 21.3 Å². The number of thioether (sulfide) groups is 1. The van der Waals surface area contributed by atoms with Gasteiger partial charge in [-0.2, -0.15) is 0 Å². The number of carboxylic acid groups (broad SMARTS) is 1. The van der Waals surface area contributed by atoms with Crippen LogP contribution < -0.4 is 0 Å². The van der Waals surface area contributed by atoms with Crippen molar-refractivity contribution in [3.63, 3.8) is 0 Å². The zero-order valence-electron chi connectivity index (χ0n) is 14.4. The van der Waals surface area contributed by atoms with Crippen molar-refractivity contribution in [2.24, 2.45) is 4.99 Å². The minimum atomic E-state index is -0.906. The van der Waals surface area contributed by atoms with Gasteiger partial charge in [-0.1, -0.05) is 12.1 Å². The average Bonchev–Trinajstić information content (AvgIpc) is 3.35. The fourth-order valence-corrected chi connectivity index (χ4v) is 4.63. The third kappa shape index (κ3) is 3.95. The van der Waals surface area contributed by atoms with Gasteiger partial charge in [0.15, 0.2) is 6.04 Å². The molecule has 0 aliphatic carbocycles. The van der Waals surface area contributed by atoms with Crippen LogP contribution in [0.15, 0.2) is 59.9 Å². The molecule has 1 aliphatic rings. The number of rotatable bonds is 2. The van der Waals surface area contributed by atoms with Gasteiger partial charge in [0.05, 0.1) is 21.3 Å². The van der Waals surface area contributed by atoms with Crippen molar-refractivity contribution in [3.8, 4) is 5.75 Å². The number of carboxylic acids is 1. The number of carbonyl (C=O) groups is 1. The topological polar surface area (TPSA) is 109 Å². The lowest BCUT2D eigenvalue weighted by atomic mass is 10.3. The largest absolute Gasteiger partial charge is 0.508 e. The standard InChI is InChI=1S/C11H8N2O3S2.C8H6N2/c14-5-1-2-6-8(3-5)18-10(12-6)9-13-7(4-17-9)11(15)16;1-2-4-8-7(3-1)9-5-6-10-8/h1-3,7,14H,4H2,(H,15,16);1-6H/t7-;/m1./s1. The van der Waals surface area contributed by atoms with Gasteiger partial charge in [0.1, 0.15) is 15.8 Å². The lowest BCUT2D eigenvalue weighted by molar-refractivity contribution is -0.137. The summed E-state index contributed by atoms with van der Waals surface area (Å²) in [4.78, 5) is 27.6. The summed E-state index contributed by atoms with van der Waals surface area (Å²) in [6.07, 6.45) is 3.39. The van der Waals surface area contributed by atoms with Gasteiger partial charge >= 0.3 is 5.97 Å². The van der Waals surface area contributed by atoms with Gasteiger partial charge in [-0.3, -0.25) is 15.0 Å². The quantitative estimate of drug-likeness (QED) is 0.520. The van der Waals surface area contributed by atoms with E-state index in [0.29, 0.717) is 15.8 Å². The van der Waals surface area contributed by atoms with E-state index in [9.17, 15) is 9.90 Å². The first-order valence-electron chi connectivity index (χ1n) is 8.29. The van der Waals surface area contributed by atoms with E-state index in [-0.39, 0.29) is 5.75 Å². The van der Waals surface area contributed by atoms with Crippen LogP contribution in [0.3, 0.4) is 0 Å². The highest BCUT2D eigenvalue weighted by molar-refractivity contribution is 8.15. The molecule has 5 rings (SSSR count). The SMILES string of the molecule is O=C(O)[C@H]1CSC(c2nc3ccc(O)cc3s2)=N1.c1ccc2nccnc2c1. The molecule has 1 atom stereocenters. The molecule has 0 radical (unpaired) electrons. The van der Waals surface area contributed by atoms with E-state index in [2.05, 4.69) is 19.9 Å². The third-order valence-corrected chi connectivity index (χ3v) is 6.08. The molecule has 28 heavy (non-hydrogen) atoms. The van der Waals surface area contributed by atoms with E-state index >= 15 is 0 Å². The Labute approximate surface area is 167 Å². The molecule has 0 bridgehead atoms. The highest BCUT2D eigenvalue weighted by Gasteiger charge is 2.26. The van der Waals surface area contributed by atoms with Crippen molar-refractivity contribution in [1.82, 2.24) is 15.0 Å². The van der Waals surface area contributed by atoms with Gasteiger partial charge in [0.2, 0.25) is 0 Å². The Morgan fingerprint density at radius 2 is 1.75 bits per heavy atom. The number of para-hydroxylation sites is 2. The molecular weight excluding hydrogens is 396 g/mol. The second kappa shape index (κ2) is 7.91. The predicted molar refractivity (Wildman–Crippen MR) is 111 cm³/mol. The van der Waals surface area contributed by atoms with Crippen molar-refractivity contribution < 1.29 is 15.0 Å². The molecule has 0 fully saturated rings. The Balaban J connectivity index is 0.000000162. The van der Waals surface area contributed by atoms with Crippen LogP contribution in [0, 0.1) is 0 Å². The smallest absolute Gasteiger partial charge is 0.329 e. The summed E-state index contributed by atoms with van der Waals surface area (Å²) >= 11 is 2.81. The van der Waals surface area contributed by atoms with Crippen LogP contribution in [0.5, 0.6) is 5.75 Å². The van der Waals surface area contributed by atoms with Gasteiger partial charge in [-0.25, -0.2) is 9.78 Å². The summed E-state index contributed by atoms with van der Waals surface area (Å²) < 4.78 is 0.868. The first-order valence-corrected chi connectivity index (χ1v) is 10.1. The Hall–Kier alpha value is -3.04. The number of aromatic nitrogens is 3. The molecule has 0 amide bonds. The van der Waals surface area contributed by atoms with Crippen molar-refractivity contribution in [2.75, 3.05) is 5.75 Å². The van der Waals surface area contributed by atoms with E-state index in [1.54, 1.807) is 30.6 Å². The molecular formula is C19H14N4O3S2. The first-order chi connectivity index (χ1) is 13.6. The second-order valence-electron chi connectivity index (χ2n) is 5.82. The number of phenolic OH excluding ortho intramolecular Hbond substituents is 1. The zero-order valence-corrected chi connectivity index (χ0v) is 16.0. The highest BCUT2D eigenvalue weighted by Crippen LogP contribution is 2.31. The minimum absolute atomic E-state index is 0.196. The van der Waals surface area contributed by atoms with Gasteiger partial charge < -0.3 is 10.2 Å². The lowest BCUT2D eigenvalue weighted by Gasteiger charge is -1.93. The first kappa shape index (κ1) is 18.3. The van der Waals surface area contributed by atoms with E-state index in [4.69, 9.17) is 5.11 Å². The van der Waals surface area contributed by atoms with Crippen LogP contribution >= 0.6 is 23.1 Å². The van der Waals surface area contributed by atoms with Gasteiger partial charge in [-0.15, -0.1) is 23.1 Å². The molecule has 0 unspecified atom stereocenters. The summed E-state index contributed by atoms with van der Waals surface area (Å²) in [6.45, 7) is 0. The second-order valence-corrected chi connectivity index (χ2v) is 7.85. The number of hydrogen-bond acceptors (Lipinski definition) is 8. The summed E-state index contributed by atoms with van der Waals surface area (Å²) in [5.41, 5.74) is 2.69. The molecule has 2 aromatic heterocycles. The predicted octanol–water partition coefficient (Wildman–Crippen LogP) is 3.58. The number of aliphatic imine (C=N–C) groups is 1. The summed E-state index contributed by atoms with van der Waals surface area (Å²) in [5.74, 6) is -0.260. The molecule has 7 nitrogen and oxygen atoms in total. The Bertz CT molecular complexity index is 1130. The molecule has 2 aromatic carbocycles. The molecule has 2 N–H and O–H groups in total. The van der Waals surface area contributed by atoms with Crippen LogP contribution in [0.1, 0.15) is 5.01 Å². The third-order valence-electron chi connectivity index (χ3n) is 3.87. The van der Waals surface area contributed by atoms with Crippen molar-refractivity contribution in [1.29, 1.82) is 0 Å². The molecule has 3 heterocycles. The Morgan fingerprint density at radius 3 is 2.39 bits per heavy atom. The monoisotopic (exact) mass is 410 g/mol. The van der Waals surface area contributed by atoms with Crippen molar-refractivity contribution in [3.05, 3.63) is 59.9 Å².